The van der Waals surface area contributed by atoms with Crippen LogP contribution in [-0.2, 0) is 10.5 Å². The van der Waals surface area contributed by atoms with E-state index in [9.17, 15) is 9.59 Å². The lowest BCUT2D eigenvalue weighted by molar-refractivity contribution is -0.0978. The maximum atomic E-state index is 12.7. The minimum Gasteiger partial charge on any atom is -0.441 e. The molecule has 1 atom stereocenters. The van der Waals surface area contributed by atoms with Gasteiger partial charge in [-0.15, -0.1) is 0 Å². The van der Waals surface area contributed by atoms with Gasteiger partial charge in [0.15, 0.2) is 0 Å². The number of carbonyl (C=O) groups is 2. The second-order valence-corrected chi connectivity index (χ2v) is 4.98. The zero-order valence-corrected chi connectivity index (χ0v) is 10.7. The van der Waals surface area contributed by atoms with E-state index < -0.39 is 11.8 Å². The molecule has 98 valence electrons. The zero-order chi connectivity index (χ0) is 13.9. The van der Waals surface area contributed by atoms with Crippen molar-refractivity contribution in [1.29, 1.82) is 0 Å². The standard InChI is InChI=1S/C16H10O4/c1-9-6-7-13-11(8-9)14(17)16(19-13)12-5-3-2-4-10(12)15(18)20-16/h2-8H,1H3. The summed E-state index contributed by atoms with van der Waals surface area (Å²) in [4.78, 5) is 24.6. The number of ether oxygens (including phenoxy) is 2. The molecule has 0 saturated carbocycles. The Hall–Kier alpha value is -2.62. The summed E-state index contributed by atoms with van der Waals surface area (Å²) in [5.41, 5.74) is 2.26. The summed E-state index contributed by atoms with van der Waals surface area (Å²) in [6.45, 7) is 1.90. The van der Waals surface area contributed by atoms with Crippen LogP contribution in [0.15, 0.2) is 42.5 Å². The van der Waals surface area contributed by atoms with Gasteiger partial charge in [-0.1, -0.05) is 23.8 Å². The number of esters is 1. The quantitative estimate of drug-likeness (QED) is 0.688. The third kappa shape index (κ3) is 1.20. The van der Waals surface area contributed by atoms with E-state index in [4.69, 9.17) is 9.47 Å². The summed E-state index contributed by atoms with van der Waals surface area (Å²) in [6.07, 6.45) is 0. The van der Waals surface area contributed by atoms with Gasteiger partial charge in [-0.3, -0.25) is 4.79 Å². The van der Waals surface area contributed by atoms with Crippen LogP contribution in [0.5, 0.6) is 5.75 Å². The van der Waals surface area contributed by atoms with Crippen LogP contribution in [0.3, 0.4) is 0 Å². The van der Waals surface area contributed by atoms with Crippen molar-refractivity contribution in [1.82, 2.24) is 0 Å². The lowest BCUT2D eigenvalue weighted by atomic mass is 9.96. The van der Waals surface area contributed by atoms with Gasteiger partial charge in [-0.2, -0.15) is 0 Å². The number of ketones is 1. The summed E-state index contributed by atoms with van der Waals surface area (Å²) in [7, 11) is 0. The molecular weight excluding hydrogens is 256 g/mol. The Labute approximate surface area is 114 Å². The lowest BCUT2D eigenvalue weighted by Gasteiger charge is -2.20. The SMILES string of the molecule is Cc1ccc2c(c1)C(=O)C1(OC(=O)c3ccccc31)O2. The van der Waals surface area contributed by atoms with Gasteiger partial charge in [0.1, 0.15) is 5.75 Å². The van der Waals surface area contributed by atoms with Crippen LogP contribution in [0.25, 0.3) is 0 Å². The third-order valence-corrected chi connectivity index (χ3v) is 3.67. The maximum Gasteiger partial charge on any atom is 0.347 e. The highest BCUT2D eigenvalue weighted by atomic mass is 16.7. The lowest BCUT2D eigenvalue weighted by Crippen LogP contribution is -2.37. The molecule has 4 nitrogen and oxygen atoms in total. The average molecular weight is 266 g/mol. The molecule has 20 heavy (non-hydrogen) atoms. The summed E-state index contributed by atoms with van der Waals surface area (Å²) in [6, 6.07) is 12.2. The molecule has 0 fully saturated rings. The summed E-state index contributed by atoms with van der Waals surface area (Å²) in [5.74, 6) is -2.04. The molecule has 4 rings (SSSR count). The van der Waals surface area contributed by atoms with Crippen molar-refractivity contribution in [2.24, 2.45) is 0 Å². The number of fused-ring (bicyclic) bond motifs is 3. The largest absolute Gasteiger partial charge is 0.441 e. The van der Waals surface area contributed by atoms with Crippen LogP contribution >= 0.6 is 0 Å². The Morgan fingerprint density at radius 2 is 1.75 bits per heavy atom. The van der Waals surface area contributed by atoms with Gasteiger partial charge in [0.2, 0.25) is 0 Å². The van der Waals surface area contributed by atoms with Gasteiger partial charge in [-0.25, -0.2) is 4.79 Å². The topological polar surface area (TPSA) is 52.6 Å². The van der Waals surface area contributed by atoms with E-state index in [1.807, 2.05) is 13.0 Å². The first kappa shape index (κ1) is 11.2. The molecule has 4 heteroatoms. The fourth-order valence-electron chi connectivity index (χ4n) is 2.72. The second-order valence-electron chi connectivity index (χ2n) is 4.98. The molecule has 1 spiro atoms. The molecule has 1 unspecified atom stereocenters. The number of benzene rings is 2. The van der Waals surface area contributed by atoms with E-state index in [1.165, 1.54) is 0 Å². The Kier molecular flexibility index (Phi) is 1.95. The second kappa shape index (κ2) is 3.48. The van der Waals surface area contributed by atoms with E-state index in [0.717, 1.165) is 5.56 Å². The highest BCUT2D eigenvalue weighted by molar-refractivity contribution is 6.12. The van der Waals surface area contributed by atoms with Crippen molar-refractivity contribution in [2.45, 2.75) is 12.7 Å². The van der Waals surface area contributed by atoms with Crippen molar-refractivity contribution in [3.05, 3.63) is 64.7 Å². The highest BCUT2D eigenvalue weighted by Gasteiger charge is 2.58. The molecule has 0 amide bonds. The Morgan fingerprint density at radius 3 is 2.60 bits per heavy atom. The third-order valence-electron chi connectivity index (χ3n) is 3.67. The Balaban J connectivity index is 1.94. The Bertz CT molecular complexity index is 778. The molecule has 0 bridgehead atoms. The number of rotatable bonds is 0. The molecule has 2 aromatic carbocycles. The van der Waals surface area contributed by atoms with Gasteiger partial charge >= 0.3 is 11.8 Å². The molecule has 0 aromatic heterocycles. The van der Waals surface area contributed by atoms with Gasteiger partial charge in [-0.05, 0) is 31.2 Å². The van der Waals surface area contributed by atoms with Gasteiger partial charge in [0.05, 0.1) is 16.7 Å². The molecule has 2 aromatic rings. The van der Waals surface area contributed by atoms with E-state index in [0.29, 0.717) is 22.4 Å². The fraction of sp³-hybridized carbons (Fsp3) is 0.125. The zero-order valence-electron chi connectivity index (χ0n) is 10.7. The van der Waals surface area contributed by atoms with Crippen molar-refractivity contribution in [2.75, 3.05) is 0 Å². The predicted octanol–water partition coefficient (Wildman–Crippen LogP) is 2.59. The van der Waals surface area contributed by atoms with Crippen LogP contribution in [-0.4, -0.2) is 11.8 Å². The molecule has 2 aliphatic heterocycles. The van der Waals surface area contributed by atoms with E-state index in [-0.39, 0.29) is 5.78 Å². The van der Waals surface area contributed by atoms with Gasteiger partial charge < -0.3 is 9.47 Å². The molecule has 2 heterocycles. The molecule has 0 saturated heterocycles. The van der Waals surface area contributed by atoms with E-state index >= 15 is 0 Å². The fourth-order valence-corrected chi connectivity index (χ4v) is 2.72. The van der Waals surface area contributed by atoms with Crippen LogP contribution < -0.4 is 4.74 Å². The maximum absolute atomic E-state index is 12.7. The van der Waals surface area contributed by atoms with Crippen molar-refractivity contribution in [3.8, 4) is 5.75 Å². The Morgan fingerprint density at radius 1 is 0.950 bits per heavy atom. The van der Waals surface area contributed by atoms with Gasteiger partial charge in [0, 0.05) is 0 Å². The number of hydrogen-bond donors (Lipinski definition) is 0. The first-order valence-electron chi connectivity index (χ1n) is 6.29. The first-order chi connectivity index (χ1) is 9.62. The van der Waals surface area contributed by atoms with Crippen molar-refractivity contribution in [3.63, 3.8) is 0 Å². The van der Waals surface area contributed by atoms with Crippen LogP contribution in [0.1, 0.15) is 31.8 Å². The van der Waals surface area contributed by atoms with Crippen LogP contribution in [0.2, 0.25) is 0 Å². The van der Waals surface area contributed by atoms with Gasteiger partial charge in [0.25, 0.3) is 5.78 Å². The number of Topliss-reactive ketones (excluding diaryl/α,β-unsaturated/α-hetero) is 1. The molecule has 2 aliphatic rings. The predicted molar refractivity (Wildman–Crippen MR) is 69.7 cm³/mol. The average Bonchev–Trinajstić information content (AvgIpc) is 2.89. The monoisotopic (exact) mass is 266 g/mol. The number of aryl methyl sites for hydroxylation is 1. The smallest absolute Gasteiger partial charge is 0.347 e. The summed E-state index contributed by atoms with van der Waals surface area (Å²) in [5, 5.41) is 0. The summed E-state index contributed by atoms with van der Waals surface area (Å²) >= 11 is 0. The molecule has 0 aliphatic carbocycles. The van der Waals surface area contributed by atoms with Crippen molar-refractivity contribution < 1.29 is 19.1 Å². The first-order valence-corrected chi connectivity index (χ1v) is 6.29. The highest BCUT2D eigenvalue weighted by Crippen LogP contribution is 2.47. The molecule has 0 N–H and O–H groups in total. The molecule has 0 radical (unpaired) electrons. The van der Waals surface area contributed by atoms with Crippen molar-refractivity contribution >= 4 is 11.8 Å². The minimum atomic E-state index is -1.64. The minimum absolute atomic E-state index is 0.325. The number of hydrogen-bond acceptors (Lipinski definition) is 4. The molecular formula is C16H10O4. The van der Waals surface area contributed by atoms with E-state index in [2.05, 4.69) is 0 Å². The normalized spacial score (nSPS) is 22.4. The summed E-state index contributed by atoms with van der Waals surface area (Å²) < 4.78 is 11.0. The van der Waals surface area contributed by atoms with E-state index in [1.54, 1.807) is 36.4 Å². The van der Waals surface area contributed by atoms with Crippen LogP contribution in [0, 0.1) is 6.92 Å². The van der Waals surface area contributed by atoms with Crippen LogP contribution in [0.4, 0.5) is 0 Å². The number of carbonyl (C=O) groups excluding carboxylic acids is 2.